The van der Waals surface area contributed by atoms with E-state index in [1.54, 1.807) is 0 Å². The molecule has 140 valence electrons. The van der Waals surface area contributed by atoms with Crippen molar-refractivity contribution >= 4 is 54.8 Å². The van der Waals surface area contributed by atoms with Crippen LogP contribution in [0.1, 0.15) is 28.2 Å². The lowest BCUT2D eigenvalue weighted by Crippen LogP contribution is -2.13. The summed E-state index contributed by atoms with van der Waals surface area (Å²) < 4.78 is 27.8. The number of anilines is 1. The van der Waals surface area contributed by atoms with Crippen molar-refractivity contribution in [2.45, 2.75) is 13.3 Å². The molecule has 27 heavy (non-hydrogen) atoms. The molecule has 1 aromatic carbocycles. The Hall–Kier alpha value is -2.47. The van der Waals surface area contributed by atoms with Gasteiger partial charge in [0.05, 0.1) is 16.8 Å². The van der Waals surface area contributed by atoms with Gasteiger partial charge in [-0.05, 0) is 44.8 Å². The fraction of sp³-hybridized carbons (Fsp3) is 0.133. The van der Waals surface area contributed by atoms with Gasteiger partial charge in [-0.15, -0.1) is 0 Å². The SMILES string of the molecule is Cc1cc(C(F)F)n2ncc(C(=O)Nc3c(Br)cc([N+](=O)[O-])cc3Br)c2n1. The zero-order valence-electron chi connectivity index (χ0n) is 13.4. The maximum absolute atomic E-state index is 13.2. The molecule has 0 saturated carbocycles. The van der Waals surface area contributed by atoms with Gasteiger partial charge in [-0.25, -0.2) is 18.3 Å². The Balaban J connectivity index is 2.02. The number of benzene rings is 1. The predicted molar refractivity (Wildman–Crippen MR) is 99.1 cm³/mol. The maximum atomic E-state index is 13.2. The van der Waals surface area contributed by atoms with E-state index in [0.717, 1.165) is 10.7 Å². The molecule has 0 aliphatic rings. The first-order valence-electron chi connectivity index (χ1n) is 7.27. The summed E-state index contributed by atoms with van der Waals surface area (Å²) >= 11 is 6.33. The number of nitrogens with zero attached hydrogens (tertiary/aromatic N) is 4. The molecule has 0 radical (unpaired) electrons. The lowest BCUT2D eigenvalue weighted by molar-refractivity contribution is -0.385. The minimum Gasteiger partial charge on any atom is -0.320 e. The molecule has 0 aliphatic heterocycles. The number of rotatable bonds is 4. The van der Waals surface area contributed by atoms with Crippen LogP contribution in [-0.4, -0.2) is 25.4 Å². The lowest BCUT2D eigenvalue weighted by atomic mass is 10.2. The maximum Gasteiger partial charge on any atom is 0.280 e. The van der Waals surface area contributed by atoms with E-state index < -0.39 is 17.3 Å². The van der Waals surface area contributed by atoms with Crippen LogP contribution in [0, 0.1) is 17.0 Å². The average molecular weight is 505 g/mol. The average Bonchev–Trinajstić information content (AvgIpc) is 3.00. The number of hydrogen-bond acceptors (Lipinski definition) is 5. The Morgan fingerprint density at radius 3 is 2.48 bits per heavy atom. The summed E-state index contributed by atoms with van der Waals surface area (Å²) in [5.41, 5.74) is -0.0395. The quantitative estimate of drug-likeness (QED) is 0.411. The van der Waals surface area contributed by atoms with Gasteiger partial charge >= 0.3 is 0 Å². The third-order valence-corrected chi connectivity index (χ3v) is 4.82. The first-order valence-corrected chi connectivity index (χ1v) is 8.86. The van der Waals surface area contributed by atoms with Gasteiger partial charge in [0.25, 0.3) is 18.0 Å². The first kappa shape index (κ1) is 19.3. The highest BCUT2D eigenvalue weighted by atomic mass is 79.9. The van der Waals surface area contributed by atoms with Crippen LogP contribution in [0.4, 0.5) is 20.2 Å². The summed E-state index contributed by atoms with van der Waals surface area (Å²) in [6.45, 7) is 1.53. The van der Waals surface area contributed by atoms with Crippen molar-refractivity contribution in [1.29, 1.82) is 0 Å². The molecular weight excluding hydrogens is 496 g/mol. The number of alkyl halides is 2. The van der Waals surface area contributed by atoms with Crippen LogP contribution >= 0.6 is 31.9 Å². The summed E-state index contributed by atoms with van der Waals surface area (Å²) in [4.78, 5) is 27.1. The van der Waals surface area contributed by atoms with E-state index in [2.05, 4.69) is 47.3 Å². The molecule has 3 rings (SSSR count). The van der Waals surface area contributed by atoms with Crippen LogP contribution in [-0.2, 0) is 0 Å². The molecule has 0 saturated heterocycles. The molecule has 1 amide bonds. The highest BCUT2D eigenvalue weighted by Crippen LogP contribution is 2.35. The zero-order chi connectivity index (χ0) is 19.9. The Morgan fingerprint density at radius 1 is 1.30 bits per heavy atom. The number of nitro benzene ring substituents is 1. The predicted octanol–water partition coefficient (Wildman–Crippen LogP) is 4.66. The second-order valence-electron chi connectivity index (χ2n) is 5.41. The number of halogens is 4. The van der Waals surface area contributed by atoms with Gasteiger partial charge in [-0.3, -0.25) is 14.9 Å². The third kappa shape index (κ3) is 3.67. The van der Waals surface area contributed by atoms with Crippen molar-refractivity contribution in [3.8, 4) is 0 Å². The molecule has 2 heterocycles. The van der Waals surface area contributed by atoms with Crippen LogP contribution in [0.2, 0.25) is 0 Å². The summed E-state index contributed by atoms with van der Waals surface area (Å²) in [6.07, 6.45) is -1.65. The minimum atomic E-state index is -2.79. The van der Waals surface area contributed by atoms with Gasteiger partial charge in [0.2, 0.25) is 0 Å². The Bertz CT molecular complexity index is 1060. The normalized spacial score (nSPS) is 11.2. The number of non-ortho nitro benzene ring substituents is 1. The number of nitro groups is 1. The molecule has 0 fully saturated rings. The molecule has 12 heteroatoms. The second-order valence-corrected chi connectivity index (χ2v) is 7.12. The van der Waals surface area contributed by atoms with Crippen molar-refractivity contribution in [3.05, 3.63) is 60.4 Å². The fourth-order valence-corrected chi connectivity index (χ4v) is 3.75. The number of carbonyl (C=O) groups excluding carboxylic acids is 1. The molecule has 8 nitrogen and oxygen atoms in total. The van der Waals surface area contributed by atoms with E-state index in [0.29, 0.717) is 5.69 Å². The van der Waals surface area contributed by atoms with Crippen molar-refractivity contribution in [2.75, 3.05) is 5.32 Å². The Morgan fingerprint density at radius 2 is 1.93 bits per heavy atom. The van der Waals surface area contributed by atoms with Gasteiger partial charge in [0, 0.05) is 26.8 Å². The van der Waals surface area contributed by atoms with Crippen LogP contribution in [0.15, 0.2) is 33.3 Å². The van der Waals surface area contributed by atoms with Crippen LogP contribution < -0.4 is 5.32 Å². The van der Waals surface area contributed by atoms with Crippen LogP contribution in [0.3, 0.4) is 0 Å². The van der Waals surface area contributed by atoms with E-state index in [4.69, 9.17) is 0 Å². The molecule has 0 unspecified atom stereocenters. The summed E-state index contributed by atoms with van der Waals surface area (Å²) in [5, 5.41) is 17.3. The highest BCUT2D eigenvalue weighted by molar-refractivity contribution is 9.11. The molecule has 0 aliphatic carbocycles. The first-order chi connectivity index (χ1) is 12.7. The molecule has 2 aromatic heterocycles. The molecule has 0 spiro atoms. The van der Waals surface area contributed by atoms with Gasteiger partial charge in [-0.1, -0.05) is 0 Å². The third-order valence-electron chi connectivity index (χ3n) is 3.57. The number of aromatic nitrogens is 3. The van der Waals surface area contributed by atoms with Crippen molar-refractivity contribution in [3.63, 3.8) is 0 Å². The summed E-state index contributed by atoms with van der Waals surface area (Å²) in [5.74, 6) is -0.654. The summed E-state index contributed by atoms with van der Waals surface area (Å²) in [7, 11) is 0. The highest BCUT2D eigenvalue weighted by Gasteiger charge is 2.22. The molecule has 1 N–H and O–H groups in total. The fourth-order valence-electron chi connectivity index (χ4n) is 2.39. The summed E-state index contributed by atoms with van der Waals surface area (Å²) in [6, 6.07) is 3.65. The van der Waals surface area contributed by atoms with E-state index in [1.807, 2.05) is 0 Å². The van der Waals surface area contributed by atoms with Gasteiger partial charge in [0.1, 0.15) is 11.3 Å². The topological polar surface area (TPSA) is 102 Å². The smallest absolute Gasteiger partial charge is 0.280 e. The van der Waals surface area contributed by atoms with Crippen LogP contribution in [0.5, 0.6) is 0 Å². The number of fused-ring (bicyclic) bond motifs is 1. The second kappa shape index (κ2) is 7.27. The van der Waals surface area contributed by atoms with Gasteiger partial charge in [0.15, 0.2) is 5.65 Å². The number of hydrogen-bond donors (Lipinski definition) is 1. The van der Waals surface area contributed by atoms with Gasteiger partial charge in [-0.2, -0.15) is 5.10 Å². The molecular formula is C15H9Br2F2N5O3. The van der Waals surface area contributed by atoms with Crippen molar-refractivity contribution in [2.24, 2.45) is 0 Å². The molecule has 3 aromatic rings. The Labute approximate surface area is 167 Å². The zero-order valence-corrected chi connectivity index (χ0v) is 16.6. The number of carbonyl (C=O) groups is 1. The minimum absolute atomic E-state index is 0.0160. The monoisotopic (exact) mass is 503 g/mol. The van der Waals surface area contributed by atoms with Crippen molar-refractivity contribution in [1.82, 2.24) is 14.6 Å². The Kier molecular flexibility index (Phi) is 5.20. The van der Waals surface area contributed by atoms with E-state index in [9.17, 15) is 23.7 Å². The number of amides is 1. The van der Waals surface area contributed by atoms with Crippen molar-refractivity contribution < 1.29 is 18.5 Å². The van der Waals surface area contributed by atoms with Gasteiger partial charge < -0.3 is 5.32 Å². The number of nitrogens with one attached hydrogen (secondary N) is 1. The molecule has 0 atom stereocenters. The molecule has 0 bridgehead atoms. The number of aryl methyl sites for hydroxylation is 1. The van der Waals surface area contributed by atoms with E-state index in [1.165, 1.54) is 25.1 Å². The lowest BCUT2D eigenvalue weighted by Gasteiger charge is -2.09. The standard InChI is InChI=1S/C15H9Br2F2N5O3/c1-6-2-11(13(18)19)23-14(21-6)8(5-20-23)15(25)22-12-9(16)3-7(24(26)27)4-10(12)17/h2-5,13H,1H3,(H,22,25). The largest absolute Gasteiger partial charge is 0.320 e. The van der Waals surface area contributed by atoms with Crippen LogP contribution in [0.25, 0.3) is 5.65 Å². The van der Waals surface area contributed by atoms with E-state index in [-0.39, 0.29) is 37.2 Å². The van der Waals surface area contributed by atoms with E-state index >= 15 is 0 Å².